The molecule has 2 heterocycles. The van der Waals surface area contributed by atoms with Crippen molar-refractivity contribution in [2.45, 2.75) is 45.3 Å². The molecule has 4 rings (SSSR count). The SMILES string of the molecule is C[C@H](Oc1ccc(Cl)cc1Cl)C(=O)Nc1ccc2c(c1)nc1n2CCCCC1. The van der Waals surface area contributed by atoms with Crippen LogP contribution in [-0.4, -0.2) is 21.6 Å². The third-order valence-corrected chi connectivity index (χ3v) is 5.47. The predicted octanol–water partition coefficient (Wildman–Crippen LogP) is 5.48. The Morgan fingerprint density at radius 1 is 1.18 bits per heavy atom. The summed E-state index contributed by atoms with van der Waals surface area (Å²) in [6.07, 6.45) is 3.89. The lowest BCUT2D eigenvalue weighted by Crippen LogP contribution is -2.30. The molecule has 0 aliphatic carbocycles. The van der Waals surface area contributed by atoms with Gasteiger partial charge in [0, 0.05) is 23.7 Å². The molecule has 0 saturated carbocycles. The first-order chi connectivity index (χ1) is 13.5. The summed E-state index contributed by atoms with van der Waals surface area (Å²) >= 11 is 12.0. The van der Waals surface area contributed by atoms with Crippen molar-refractivity contribution in [3.05, 3.63) is 52.3 Å². The monoisotopic (exact) mass is 417 g/mol. The zero-order valence-corrected chi connectivity index (χ0v) is 17.1. The number of anilines is 1. The molecule has 1 aliphatic heterocycles. The van der Waals surface area contributed by atoms with Gasteiger partial charge in [0.25, 0.3) is 5.91 Å². The predicted molar refractivity (Wildman–Crippen MR) is 112 cm³/mol. The lowest BCUT2D eigenvalue weighted by atomic mass is 10.2. The molecule has 0 fully saturated rings. The van der Waals surface area contributed by atoms with Gasteiger partial charge in [-0.05, 0) is 56.2 Å². The quantitative estimate of drug-likeness (QED) is 0.611. The van der Waals surface area contributed by atoms with Gasteiger partial charge < -0.3 is 14.6 Å². The van der Waals surface area contributed by atoms with E-state index in [1.54, 1.807) is 25.1 Å². The number of hydrogen-bond acceptors (Lipinski definition) is 3. The van der Waals surface area contributed by atoms with Crippen molar-refractivity contribution >= 4 is 45.8 Å². The van der Waals surface area contributed by atoms with Gasteiger partial charge in [0.2, 0.25) is 0 Å². The van der Waals surface area contributed by atoms with Crippen molar-refractivity contribution in [3.8, 4) is 5.75 Å². The second-order valence-electron chi connectivity index (χ2n) is 7.02. The molecule has 3 aromatic rings. The molecule has 0 saturated heterocycles. The average Bonchev–Trinajstić information content (AvgIpc) is 2.83. The Morgan fingerprint density at radius 2 is 2.04 bits per heavy atom. The summed E-state index contributed by atoms with van der Waals surface area (Å²) in [6, 6.07) is 10.7. The van der Waals surface area contributed by atoms with Gasteiger partial charge in [-0.3, -0.25) is 4.79 Å². The highest BCUT2D eigenvalue weighted by Gasteiger charge is 2.18. The number of hydrogen-bond donors (Lipinski definition) is 1. The smallest absolute Gasteiger partial charge is 0.265 e. The average molecular weight is 418 g/mol. The highest BCUT2D eigenvalue weighted by Crippen LogP contribution is 2.29. The largest absolute Gasteiger partial charge is 0.479 e. The molecular weight excluding hydrogens is 397 g/mol. The van der Waals surface area contributed by atoms with Gasteiger partial charge in [-0.2, -0.15) is 0 Å². The van der Waals surface area contributed by atoms with Crippen LogP contribution in [-0.2, 0) is 17.8 Å². The second kappa shape index (κ2) is 8.02. The van der Waals surface area contributed by atoms with Crippen LogP contribution >= 0.6 is 23.2 Å². The van der Waals surface area contributed by atoms with Crippen molar-refractivity contribution < 1.29 is 9.53 Å². The minimum atomic E-state index is -0.715. The number of rotatable bonds is 4. The fourth-order valence-electron chi connectivity index (χ4n) is 3.49. The number of imidazole rings is 1. The molecule has 146 valence electrons. The van der Waals surface area contributed by atoms with Crippen molar-refractivity contribution in [2.75, 3.05) is 5.32 Å². The van der Waals surface area contributed by atoms with Gasteiger partial charge in [-0.25, -0.2) is 4.98 Å². The first kappa shape index (κ1) is 19.1. The van der Waals surface area contributed by atoms with E-state index in [9.17, 15) is 4.79 Å². The van der Waals surface area contributed by atoms with E-state index in [0.29, 0.717) is 21.5 Å². The normalized spacial score (nSPS) is 15.0. The van der Waals surface area contributed by atoms with Crippen molar-refractivity contribution in [1.29, 1.82) is 0 Å². The van der Waals surface area contributed by atoms with Gasteiger partial charge in [0.1, 0.15) is 11.6 Å². The topological polar surface area (TPSA) is 56.1 Å². The Bertz CT molecular complexity index is 1030. The zero-order valence-electron chi connectivity index (χ0n) is 15.5. The number of nitrogens with zero attached hydrogens (tertiary/aromatic N) is 2. The Labute approximate surface area is 173 Å². The highest BCUT2D eigenvalue weighted by molar-refractivity contribution is 6.35. The van der Waals surface area contributed by atoms with Crippen LogP contribution in [0.1, 0.15) is 32.0 Å². The molecule has 2 aromatic carbocycles. The third-order valence-electron chi connectivity index (χ3n) is 4.94. The molecule has 0 radical (unpaired) electrons. The van der Waals surface area contributed by atoms with Gasteiger partial charge in [0.15, 0.2) is 6.10 Å². The molecule has 28 heavy (non-hydrogen) atoms. The molecule has 7 heteroatoms. The van der Waals surface area contributed by atoms with Crippen LogP contribution in [0.2, 0.25) is 10.0 Å². The van der Waals surface area contributed by atoms with E-state index in [4.69, 9.17) is 32.9 Å². The minimum Gasteiger partial charge on any atom is -0.479 e. The molecule has 1 amide bonds. The number of carbonyl (C=O) groups is 1. The molecular formula is C21H21Cl2N3O2. The van der Waals surface area contributed by atoms with Gasteiger partial charge >= 0.3 is 0 Å². The van der Waals surface area contributed by atoms with Crippen LogP contribution in [0.4, 0.5) is 5.69 Å². The molecule has 0 spiro atoms. The summed E-state index contributed by atoms with van der Waals surface area (Å²) in [5.74, 6) is 1.29. The number of ether oxygens (including phenoxy) is 1. The third kappa shape index (κ3) is 3.96. The maximum absolute atomic E-state index is 12.5. The standard InChI is InChI=1S/C21H21Cl2N3O2/c1-13(28-19-9-6-14(22)11-16(19)23)21(27)24-15-7-8-18-17(12-15)25-20-5-3-2-4-10-26(18)20/h6-9,11-13H,2-5,10H2,1H3,(H,24,27)/t13-/m0/s1. The molecule has 1 aliphatic rings. The maximum atomic E-state index is 12.5. The summed E-state index contributed by atoms with van der Waals surface area (Å²) in [5.41, 5.74) is 2.72. The minimum absolute atomic E-state index is 0.258. The van der Waals surface area contributed by atoms with Crippen LogP contribution in [0, 0.1) is 0 Å². The van der Waals surface area contributed by atoms with Crippen LogP contribution < -0.4 is 10.1 Å². The molecule has 0 bridgehead atoms. The number of carbonyl (C=O) groups excluding carboxylic acids is 1. The summed E-state index contributed by atoms with van der Waals surface area (Å²) in [6.45, 7) is 2.68. The first-order valence-corrected chi connectivity index (χ1v) is 10.2. The molecule has 1 N–H and O–H groups in total. The lowest BCUT2D eigenvalue weighted by Gasteiger charge is -2.16. The Balaban J connectivity index is 1.48. The van der Waals surface area contributed by atoms with E-state index in [1.807, 2.05) is 18.2 Å². The van der Waals surface area contributed by atoms with Crippen LogP contribution in [0.25, 0.3) is 11.0 Å². The second-order valence-corrected chi connectivity index (χ2v) is 7.86. The van der Waals surface area contributed by atoms with E-state index in [2.05, 4.69) is 9.88 Å². The summed E-state index contributed by atoms with van der Waals surface area (Å²) in [5, 5.41) is 3.78. The first-order valence-electron chi connectivity index (χ1n) is 9.43. The van der Waals surface area contributed by atoms with Crippen molar-refractivity contribution in [3.63, 3.8) is 0 Å². The fourth-order valence-corrected chi connectivity index (χ4v) is 3.94. The van der Waals surface area contributed by atoms with E-state index in [-0.39, 0.29) is 5.91 Å². The van der Waals surface area contributed by atoms with Crippen molar-refractivity contribution in [2.24, 2.45) is 0 Å². The van der Waals surface area contributed by atoms with E-state index >= 15 is 0 Å². The summed E-state index contributed by atoms with van der Waals surface area (Å²) < 4.78 is 7.97. The highest BCUT2D eigenvalue weighted by atomic mass is 35.5. The van der Waals surface area contributed by atoms with Crippen LogP contribution in [0.5, 0.6) is 5.75 Å². The van der Waals surface area contributed by atoms with Crippen molar-refractivity contribution in [1.82, 2.24) is 9.55 Å². The number of aryl methyl sites for hydroxylation is 2. The number of fused-ring (bicyclic) bond motifs is 3. The Kier molecular flexibility index (Phi) is 5.47. The Morgan fingerprint density at radius 3 is 2.86 bits per heavy atom. The molecule has 0 unspecified atom stereocenters. The number of amides is 1. The summed E-state index contributed by atoms with van der Waals surface area (Å²) in [7, 11) is 0. The fraction of sp³-hybridized carbons (Fsp3) is 0.333. The van der Waals surface area contributed by atoms with Crippen LogP contribution in [0.3, 0.4) is 0 Å². The van der Waals surface area contributed by atoms with Gasteiger partial charge in [-0.15, -0.1) is 0 Å². The van der Waals surface area contributed by atoms with E-state index < -0.39 is 6.10 Å². The molecule has 1 atom stereocenters. The lowest BCUT2D eigenvalue weighted by molar-refractivity contribution is -0.122. The van der Waals surface area contributed by atoms with E-state index in [0.717, 1.165) is 29.8 Å². The zero-order chi connectivity index (χ0) is 19.7. The number of aromatic nitrogens is 2. The number of nitrogens with one attached hydrogen (secondary N) is 1. The maximum Gasteiger partial charge on any atom is 0.265 e. The van der Waals surface area contributed by atoms with Gasteiger partial charge in [-0.1, -0.05) is 29.6 Å². The van der Waals surface area contributed by atoms with E-state index in [1.165, 1.54) is 19.3 Å². The number of halogens is 2. The van der Waals surface area contributed by atoms with Gasteiger partial charge in [0.05, 0.1) is 16.1 Å². The number of benzene rings is 2. The van der Waals surface area contributed by atoms with Crippen LogP contribution in [0.15, 0.2) is 36.4 Å². The summed E-state index contributed by atoms with van der Waals surface area (Å²) in [4.78, 5) is 17.3. The molecule has 5 nitrogen and oxygen atoms in total. The Hall–Kier alpha value is -2.24. The molecule has 1 aromatic heterocycles.